The summed E-state index contributed by atoms with van der Waals surface area (Å²) in [6, 6.07) is -0.255. The van der Waals surface area contributed by atoms with Gasteiger partial charge in [-0.05, 0) is 47.7 Å². The maximum absolute atomic E-state index is 11.0. The molecule has 0 bridgehead atoms. The van der Waals surface area contributed by atoms with E-state index in [9.17, 15) is 4.79 Å². The molecule has 0 heterocycles. The zero-order chi connectivity index (χ0) is 11.8. The Balaban J connectivity index is 3.71. The molecule has 1 unspecified atom stereocenters. The van der Waals surface area contributed by atoms with E-state index in [1.807, 2.05) is 7.05 Å². The van der Waals surface area contributed by atoms with E-state index < -0.39 is 0 Å². The van der Waals surface area contributed by atoms with Crippen molar-refractivity contribution in [2.75, 3.05) is 47.8 Å². The van der Waals surface area contributed by atoms with Crippen molar-refractivity contribution in [3.05, 3.63) is 0 Å². The van der Waals surface area contributed by atoms with Crippen LogP contribution in [0, 0.1) is 0 Å². The summed E-state index contributed by atoms with van der Waals surface area (Å²) in [5.41, 5.74) is 5.24. The van der Waals surface area contributed by atoms with Gasteiger partial charge in [0.1, 0.15) is 0 Å². The minimum absolute atomic E-state index is 0.255. The van der Waals surface area contributed by atoms with Gasteiger partial charge in [0.2, 0.25) is 5.91 Å². The number of carbonyl (C=O) groups is 1. The van der Waals surface area contributed by atoms with E-state index in [2.05, 4.69) is 29.2 Å². The fourth-order valence-corrected chi connectivity index (χ4v) is 1.38. The number of likely N-dealkylation sites (N-methyl/N-ethyl adjacent to an activating group) is 2. The lowest BCUT2D eigenvalue weighted by molar-refractivity contribution is -0.120. The first kappa shape index (κ1) is 14.3. The lowest BCUT2D eigenvalue weighted by Gasteiger charge is -2.22. The van der Waals surface area contributed by atoms with Crippen LogP contribution in [-0.2, 0) is 4.79 Å². The first-order valence-electron chi connectivity index (χ1n) is 5.27. The molecular formula is C10H24N4O. The fraction of sp³-hybridized carbons (Fsp3) is 0.900. The van der Waals surface area contributed by atoms with Crippen molar-refractivity contribution < 1.29 is 4.79 Å². The summed E-state index contributed by atoms with van der Waals surface area (Å²) in [7, 11) is 7.87. The Bertz CT molecular complexity index is 184. The molecule has 0 fully saturated rings. The lowest BCUT2D eigenvalue weighted by atomic mass is 10.2. The predicted octanol–water partition coefficient (Wildman–Crippen LogP) is -1.06. The van der Waals surface area contributed by atoms with Crippen molar-refractivity contribution in [3.8, 4) is 0 Å². The van der Waals surface area contributed by atoms with Crippen molar-refractivity contribution in [2.24, 2.45) is 5.73 Å². The van der Waals surface area contributed by atoms with Crippen LogP contribution >= 0.6 is 0 Å². The molecule has 90 valence electrons. The Labute approximate surface area is 92.6 Å². The molecule has 0 rings (SSSR count). The van der Waals surface area contributed by atoms with E-state index in [1.165, 1.54) is 0 Å². The minimum atomic E-state index is -0.294. The fourth-order valence-electron chi connectivity index (χ4n) is 1.38. The van der Waals surface area contributed by atoms with Crippen LogP contribution in [0.15, 0.2) is 0 Å². The second kappa shape index (κ2) is 7.62. The number of hydrogen-bond donors (Lipinski definition) is 2. The van der Waals surface area contributed by atoms with E-state index in [1.54, 1.807) is 7.05 Å². The monoisotopic (exact) mass is 216 g/mol. The molecule has 0 aromatic heterocycles. The van der Waals surface area contributed by atoms with Crippen LogP contribution in [0.4, 0.5) is 0 Å². The highest BCUT2D eigenvalue weighted by Crippen LogP contribution is 1.92. The smallest absolute Gasteiger partial charge is 0.235 e. The third kappa shape index (κ3) is 7.30. The maximum atomic E-state index is 11.0. The van der Waals surface area contributed by atoms with Crippen LogP contribution in [0.1, 0.15) is 6.42 Å². The summed E-state index contributed by atoms with van der Waals surface area (Å²) >= 11 is 0. The highest BCUT2D eigenvalue weighted by molar-refractivity contribution is 5.80. The van der Waals surface area contributed by atoms with Crippen molar-refractivity contribution in [3.63, 3.8) is 0 Å². The Morgan fingerprint density at radius 1 is 1.33 bits per heavy atom. The van der Waals surface area contributed by atoms with Gasteiger partial charge in [0.05, 0.1) is 6.04 Å². The first-order valence-corrected chi connectivity index (χ1v) is 5.27. The third-order valence-corrected chi connectivity index (χ3v) is 2.33. The molecule has 0 radical (unpaired) electrons. The standard InChI is InChI=1S/C10H24N4O/c1-12-9(10(11)15)8-14(4)7-5-6-13(2)3/h9,12H,5-8H2,1-4H3,(H2,11,15). The minimum Gasteiger partial charge on any atom is -0.368 e. The number of primary amides is 1. The normalized spacial score (nSPS) is 13.5. The van der Waals surface area contributed by atoms with Crippen molar-refractivity contribution in [1.82, 2.24) is 15.1 Å². The Hall–Kier alpha value is -0.650. The van der Waals surface area contributed by atoms with Gasteiger partial charge in [-0.3, -0.25) is 4.79 Å². The van der Waals surface area contributed by atoms with Crippen LogP contribution in [0.25, 0.3) is 0 Å². The van der Waals surface area contributed by atoms with Gasteiger partial charge in [0.15, 0.2) is 0 Å². The predicted molar refractivity (Wildman–Crippen MR) is 62.7 cm³/mol. The number of hydrogen-bond acceptors (Lipinski definition) is 4. The molecule has 0 aliphatic rings. The van der Waals surface area contributed by atoms with Gasteiger partial charge in [-0.25, -0.2) is 0 Å². The number of rotatable bonds is 8. The molecule has 5 nitrogen and oxygen atoms in total. The Morgan fingerprint density at radius 3 is 2.33 bits per heavy atom. The van der Waals surface area contributed by atoms with Gasteiger partial charge in [-0.15, -0.1) is 0 Å². The Morgan fingerprint density at radius 2 is 1.93 bits per heavy atom. The van der Waals surface area contributed by atoms with Crippen molar-refractivity contribution >= 4 is 5.91 Å². The van der Waals surface area contributed by atoms with Crippen LogP contribution in [-0.4, -0.2) is 69.6 Å². The van der Waals surface area contributed by atoms with Gasteiger partial charge >= 0.3 is 0 Å². The average Bonchev–Trinajstić information content (AvgIpc) is 2.13. The third-order valence-electron chi connectivity index (χ3n) is 2.33. The van der Waals surface area contributed by atoms with Gasteiger partial charge in [-0.2, -0.15) is 0 Å². The second-order valence-electron chi connectivity index (χ2n) is 4.16. The van der Waals surface area contributed by atoms with Crippen LogP contribution < -0.4 is 11.1 Å². The summed E-state index contributed by atoms with van der Waals surface area (Å²) < 4.78 is 0. The highest BCUT2D eigenvalue weighted by Gasteiger charge is 2.14. The average molecular weight is 216 g/mol. The van der Waals surface area contributed by atoms with E-state index in [0.717, 1.165) is 19.5 Å². The molecule has 5 heteroatoms. The van der Waals surface area contributed by atoms with E-state index >= 15 is 0 Å². The molecule has 0 aliphatic heterocycles. The molecule has 3 N–H and O–H groups in total. The quantitative estimate of drug-likeness (QED) is 0.543. The number of carbonyl (C=O) groups excluding carboxylic acids is 1. The molecular weight excluding hydrogens is 192 g/mol. The molecule has 1 atom stereocenters. The molecule has 1 amide bonds. The van der Waals surface area contributed by atoms with Crippen LogP contribution in [0.5, 0.6) is 0 Å². The van der Waals surface area contributed by atoms with E-state index in [-0.39, 0.29) is 11.9 Å². The molecule has 0 saturated carbocycles. The van der Waals surface area contributed by atoms with Crippen LogP contribution in [0.2, 0.25) is 0 Å². The highest BCUT2D eigenvalue weighted by atomic mass is 16.1. The second-order valence-corrected chi connectivity index (χ2v) is 4.16. The van der Waals surface area contributed by atoms with E-state index in [0.29, 0.717) is 6.54 Å². The van der Waals surface area contributed by atoms with Gasteiger partial charge in [-0.1, -0.05) is 0 Å². The molecule has 0 aromatic carbocycles. The lowest BCUT2D eigenvalue weighted by Crippen LogP contribution is -2.47. The largest absolute Gasteiger partial charge is 0.368 e. The SMILES string of the molecule is CNC(CN(C)CCCN(C)C)C(N)=O. The Kier molecular flexibility index (Phi) is 7.29. The molecule has 0 saturated heterocycles. The number of nitrogens with zero attached hydrogens (tertiary/aromatic N) is 2. The van der Waals surface area contributed by atoms with Crippen molar-refractivity contribution in [1.29, 1.82) is 0 Å². The summed E-state index contributed by atoms with van der Waals surface area (Å²) in [6.07, 6.45) is 1.10. The van der Waals surface area contributed by atoms with Gasteiger partial charge < -0.3 is 20.9 Å². The summed E-state index contributed by atoms with van der Waals surface area (Å²) in [4.78, 5) is 15.2. The van der Waals surface area contributed by atoms with E-state index in [4.69, 9.17) is 5.73 Å². The molecule has 0 aromatic rings. The topological polar surface area (TPSA) is 61.6 Å². The molecule has 15 heavy (non-hydrogen) atoms. The number of amides is 1. The van der Waals surface area contributed by atoms with Gasteiger partial charge in [0, 0.05) is 6.54 Å². The van der Waals surface area contributed by atoms with Crippen LogP contribution in [0.3, 0.4) is 0 Å². The van der Waals surface area contributed by atoms with Crippen molar-refractivity contribution in [2.45, 2.75) is 12.5 Å². The summed E-state index contributed by atoms with van der Waals surface area (Å²) in [6.45, 7) is 2.70. The zero-order valence-corrected chi connectivity index (χ0v) is 10.3. The molecule has 0 aliphatic carbocycles. The first-order chi connectivity index (χ1) is 6.97. The number of nitrogens with two attached hydrogens (primary N) is 1. The zero-order valence-electron chi connectivity index (χ0n) is 10.3. The maximum Gasteiger partial charge on any atom is 0.235 e. The summed E-state index contributed by atoms with van der Waals surface area (Å²) in [5.74, 6) is -0.294. The molecule has 0 spiro atoms. The number of nitrogens with one attached hydrogen (secondary N) is 1. The van der Waals surface area contributed by atoms with Gasteiger partial charge in [0.25, 0.3) is 0 Å². The summed E-state index contributed by atoms with van der Waals surface area (Å²) in [5, 5.41) is 2.90.